The Bertz CT molecular complexity index is 1210. The molecule has 1 aliphatic heterocycles. The van der Waals surface area contributed by atoms with Gasteiger partial charge in [0.25, 0.3) is 5.91 Å². The molecule has 3 aromatic carbocycles. The number of hydrogen-bond donors (Lipinski definition) is 1. The second-order valence-electron chi connectivity index (χ2n) is 8.09. The molecule has 1 N–H and O–H groups in total. The van der Waals surface area contributed by atoms with Gasteiger partial charge in [-0.25, -0.2) is 4.79 Å². The van der Waals surface area contributed by atoms with Crippen molar-refractivity contribution in [3.8, 4) is 5.75 Å². The topological polar surface area (TPSA) is 79.0 Å². The van der Waals surface area contributed by atoms with E-state index in [1.807, 2.05) is 42.5 Å². The summed E-state index contributed by atoms with van der Waals surface area (Å²) in [5.74, 6) is -0.177. The minimum absolute atomic E-state index is 0.262. The fourth-order valence-electron chi connectivity index (χ4n) is 3.90. The molecule has 1 heterocycles. The van der Waals surface area contributed by atoms with Gasteiger partial charge in [-0.1, -0.05) is 54.1 Å². The minimum Gasteiger partial charge on any atom is -0.492 e. The molecule has 1 aliphatic rings. The lowest BCUT2D eigenvalue weighted by Gasteiger charge is -2.24. The predicted molar refractivity (Wildman–Crippen MR) is 126 cm³/mol. The van der Waals surface area contributed by atoms with Crippen LogP contribution in [0.3, 0.4) is 0 Å². The Morgan fingerprint density at radius 2 is 1.76 bits per heavy atom. The first-order valence-electron chi connectivity index (χ1n) is 10.5. The zero-order valence-corrected chi connectivity index (χ0v) is 19.1. The first-order valence-corrected chi connectivity index (χ1v) is 10.9. The van der Waals surface area contributed by atoms with Gasteiger partial charge in [0.1, 0.15) is 24.4 Å². The van der Waals surface area contributed by atoms with Crippen LogP contribution in [-0.2, 0) is 15.1 Å². The van der Waals surface area contributed by atoms with Gasteiger partial charge in [-0.05, 0) is 47.5 Å². The third kappa shape index (κ3) is 4.50. The molecule has 3 aromatic rings. The number of carbonyl (C=O) groups is 3. The Morgan fingerprint density at radius 3 is 2.52 bits per heavy atom. The van der Waals surface area contributed by atoms with E-state index >= 15 is 0 Å². The Balaban J connectivity index is 1.42. The zero-order valence-electron chi connectivity index (χ0n) is 18.4. The maximum absolute atomic E-state index is 13.3. The van der Waals surface area contributed by atoms with Gasteiger partial charge >= 0.3 is 6.03 Å². The molecule has 0 aliphatic carbocycles. The van der Waals surface area contributed by atoms with Crippen LogP contribution in [0.5, 0.6) is 5.75 Å². The summed E-state index contributed by atoms with van der Waals surface area (Å²) in [5.41, 5.74) is -0.562. The van der Waals surface area contributed by atoms with Gasteiger partial charge in [0, 0.05) is 12.1 Å². The van der Waals surface area contributed by atoms with Crippen LogP contribution in [-0.4, -0.2) is 54.4 Å². The number of likely N-dealkylation sites (N-methyl/N-ethyl adjacent to an activating group) is 1. The molecule has 7 nitrogen and oxygen atoms in total. The first kappa shape index (κ1) is 22.6. The number of amides is 4. The fraction of sp³-hybridized carbons (Fsp3) is 0.240. The summed E-state index contributed by atoms with van der Waals surface area (Å²) in [4.78, 5) is 41.1. The number of ether oxygens (including phenoxy) is 1. The smallest absolute Gasteiger partial charge is 0.325 e. The van der Waals surface area contributed by atoms with Crippen LogP contribution in [0.1, 0.15) is 12.5 Å². The molecule has 0 saturated carbocycles. The summed E-state index contributed by atoms with van der Waals surface area (Å²) in [5, 5.41) is 5.23. The second kappa shape index (κ2) is 9.11. The number of carbonyl (C=O) groups excluding carboxylic acids is 3. The molecule has 0 radical (unpaired) electrons. The number of nitrogens with one attached hydrogen (secondary N) is 1. The predicted octanol–water partition coefficient (Wildman–Crippen LogP) is 3.80. The van der Waals surface area contributed by atoms with Gasteiger partial charge in [-0.15, -0.1) is 0 Å². The number of rotatable bonds is 7. The number of fused-ring (bicyclic) bond motifs is 1. The normalized spacial score (nSPS) is 17.8. The molecule has 0 spiro atoms. The van der Waals surface area contributed by atoms with Crippen molar-refractivity contribution in [2.45, 2.75) is 12.5 Å². The zero-order chi connectivity index (χ0) is 23.6. The maximum atomic E-state index is 13.3. The molecule has 4 amide bonds. The maximum Gasteiger partial charge on any atom is 0.325 e. The summed E-state index contributed by atoms with van der Waals surface area (Å²) in [7, 11) is 1.61. The number of nitrogens with zero attached hydrogens (tertiary/aromatic N) is 2. The van der Waals surface area contributed by atoms with Gasteiger partial charge in [0.2, 0.25) is 5.91 Å². The van der Waals surface area contributed by atoms with Crippen molar-refractivity contribution in [1.29, 1.82) is 0 Å². The van der Waals surface area contributed by atoms with Gasteiger partial charge < -0.3 is 15.0 Å². The number of urea groups is 1. The monoisotopic (exact) mass is 465 g/mol. The van der Waals surface area contributed by atoms with Crippen LogP contribution in [0.15, 0.2) is 66.7 Å². The van der Waals surface area contributed by atoms with E-state index in [1.54, 1.807) is 38.2 Å². The van der Waals surface area contributed by atoms with E-state index in [-0.39, 0.29) is 19.1 Å². The Labute approximate surface area is 196 Å². The van der Waals surface area contributed by atoms with Crippen molar-refractivity contribution in [3.63, 3.8) is 0 Å². The van der Waals surface area contributed by atoms with Crippen LogP contribution in [0.4, 0.5) is 4.79 Å². The molecule has 1 fully saturated rings. The van der Waals surface area contributed by atoms with Crippen LogP contribution in [0.2, 0.25) is 5.02 Å². The molecule has 0 bridgehead atoms. The van der Waals surface area contributed by atoms with E-state index in [1.165, 1.54) is 4.90 Å². The average molecular weight is 466 g/mol. The standard InChI is InChI=1S/C25H24ClN3O4/c1-25(21-9-5-7-17-6-3-4-8-20(17)21)23(31)29(24(32)27-25)16-22(30)28(2)14-15-33-19-12-10-18(26)11-13-19/h3-13H,14-16H2,1-2H3,(H,27,32)/t25-/m0/s1. The van der Waals surface area contributed by atoms with Crippen LogP contribution in [0.25, 0.3) is 10.8 Å². The molecule has 1 saturated heterocycles. The van der Waals surface area contributed by atoms with Crippen molar-refractivity contribution in [1.82, 2.24) is 15.1 Å². The number of halogens is 1. The van der Waals surface area contributed by atoms with Crippen molar-refractivity contribution in [3.05, 3.63) is 77.3 Å². The van der Waals surface area contributed by atoms with Crippen molar-refractivity contribution < 1.29 is 19.1 Å². The van der Waals surface area contributed by atoms with E-state index in [0.29, 0.717) is 22.9 Å². The summed E-state index contributed by atoms with van der Waals surface area (Å²) in [6.07, 6.45) is 0. The third-order valence-electron chi connectivity index (χ3n) is 5.83. The van der Waals surface area contributed by atoms with Gasteiger partial charge in [0.15, 0.2) is 0 Å². The summed E-state index contributed by atoms with van der Waals surface area (Å²) < 4.78 is 5.61. The van der Waals surface area contributed by atoms with Crippen molar-refractivity contribution >= 4 is 40.2 Å². The number of hydrogen-bond acceptors (Lipinski definition) is 4. The molecule has 1 atom stereocenters. The quantitative estimate of drug-likeness (QED) is 0.538. The summed E-state index contributed by atoms with van der Waals surface area (Å²) in [6, 6.07) is 19.6. The van der Waals surface area contributed by atoms with Crippen LogP contribution < -0.4 is 10.1 Å². The molecule has 0 aromatic heterocycles. The molecule has 8 heteroatoms. The van der Waals surface area contributed by atoms with Crippen LogP contribution in [0, 0.1) is 0 Å². The number of imide groups is 1. The van der Waals surface area contributed by atoms with Crippen molar-refractivity contribution in [2.75, 3.05) is 26.7 Å². The van der Waals surface area contributed by atoms with E-state index < -0.39 is 17.5 Å². The average Bonchev–Trinajstić information content (AvgIpc) is 3.03. The largest absolute Gasteiger partial charge is 0.492 e. The third-order valence-corrected chi connectivity index (χ3v) is 6.08. The van der Waals surface area contributed by atoms with E-state index in [0.717, 1.165) is 15.7 Å². The highest BCUT2D eigenvalue weighted by Gasteiger charge is 2.50. The van der Waals surface area contributed by atoms with Gasteiger partial charge in [0.05, 0.1) is 6.54 Å². The second-order valence-corrected chi connectivity index (χ2v) is 8.53. The Morgan fingerprint density at radius 1 is 1.06 bits per heavy atom. The van der Waals surface area contributed by atoms with Crippen molar-refractivity contribution in [2.24, 2.45) is 0 Å². The Hall–Kier alpha value is -3.58. The fourth-order valence-corrected chi connectivity index (χ4v) is 4.02. The molecule has 0 unspecified atom stereocenters. The van der Waals surface area contributed by atoms with Gasteiger partial charge in [-0.3, -0.25) is 14.5 Å². The lowest BCUT2D eigenvalue weighted by atomic mass is 9.88. The number of benzene rings is 3. The van der Waals surface area contributed by atoms with E-state index in [2.05, 4.69) is 5.32 Å². The molecular weight excluding hydrogens is 442 g/mol. The Kier molecular flexibility index (Phi) is 6.24. The highest BCUT2D eigenvalue weighted by molar-refractivity contribution is 6.30. The SMILES string of the molecule is CN(CCOc1ccc(Cl)cc1)C(=O)CN1C(=O)N[C@@](C)(c2cccc3ccccc23)C1=O. The summed E-state index contributed by atoms with van der Waals surface area (Å²) in [6.45, 7) is 1.88. The minimum atomic E-state index is -1.26. The van der Waals surface area contributed by atoms with E-state index in [9.17, 15) is 14.4 Å². The lowest BCUT2D eigenvalue weighted by molar-refractivity contribution is -0.138. The molecule has 33 heavy (non-hydrogen) atoms. The summed E-state index contributed by atoms with van der Waals surface area (Å²) >= 11 is 5.86. The van der Waals surface area contributed by atoms with Gasteiger partial charge in [-0.2, -0.15) is 0 Å². The lowest BCUT2D eigenvalue weighted by Crippen LogP contribution is -2.44. The van der Waals surface area contributed by atoms with E-state index in [4.69, 9.17) is 16.3 Å². The first-order chi connectivity index (χ1) is 15.8. The van der Waals surface area contributed by atoms with Crippen LogP contribution >= 0.6 is 11.6 Å². The highest BCUT2D eigenvalue weighted by atomic mass is 35.5. The molecule has 4 rings (SSSR count). The molecular formula is C25H24ClN3O4. The highest BCUT2D eigenvalue weighted by Crippen LogP contribution is 2.33. The molecule has 170 valence electrons.